The first-order valence-corrected chi connectivity index (χ1v) is 7.74. The standard InChI is InChI=1S/C11H13N5O4S/c1-7-3-9(14-20-7)10(17)16-4-8(5-16)21(18,19)11-13-12-6-15(11)2/h3,6,8H,4-5H2,1-2H3. The van der Waals surface area contributed by atoms with Crippen LogP contribution in [-0.4, -0.2) is 57.5 Å². The van der Waals surface area contributed by atoms with E-state index in [0.717, 1.165) is 0 Å². The Morgan fingerprint density at radius 1 is 1.43 bits per heavy atom. The summed E-state index contributed by atoms with van der Waals surface area (Å²) in [5.74, 6) is 0.193. The molecule has 9 nitrogen and oxygen atoms in total. The summed E-state index contributed by atoms with van der Waals surface area (Å²) in [6.45, 7) is 1.90. The van der Waals surface area contributed by atoms with Gasteiger partial charge < -0.3 is 14.0 Å². The molecule has 112 valence electrons. The predicted octanol–water partition coefficient (Wildman–Crippen LogP) is -0.590. The highest BCUT2D eigenvalue weighted by atomic mass is 32.2. The molecule has 0 unspecified atom stereocenters. The minimum Gasteiger partial charge on any atom is -0.361 e. The quantitative estimate of drug-likeness (QED) is 0.744. The summed E-state index contributed by atoms with van der Waals surface area (Å²) < 4.78 is 30.8. The monoisotopic (exact) mass is 311 g/mol. The van der Waals surface area contributed by atoms with Crippen LogP contribution in [0, 0.1) is 6.92 Å². The molecule has 0 bridgehead atoms. The van der Waals surface area contributed by atoms with Crippen LogP contribution in [0.1, 0.15) is 16.2 Å². The van der Waals surface area contributed by atoms with Gasteiger partial charge in [-0.3, -0.25) is 4.79 Å². The van der Waals surface area contributed by atoms with Crippen molar-refractivity contribution < 1.29 is 17.7 Å². The second kappa shape index (κ2) is 4.65. The summed E-state index contributed by atoms with van der Waals surface area (Å²) in [4.78, 5) is 13.5. The molecule has 1 amide bonds. The van der Waals surface area contributed by atoms with Gasteiger partial charge in [0.15, 0.2) is 5.69 Å². The van der Waals surface area contributed by atoms with Gasteiger partial charge in [-0.1, -0.05) is 5.16 Å². The SMILES string of the molecule is Cc1cc(C(=O)N2CC(S(=O)(=O)c3nncn3C)C2)no1. The molecule has 10 heteroatoms. The second-order valence-corrected chi connectivity index (χ2v) is 7.05. The molecule has 0 aromatic carbocycles. The Bertz CT molecular complexity index is 787. The molecule has 0 atom stereocenters. The van der Waals surface area contributed by atoms with Crippen LogP contribution in [0.5, 0.6) is 0 Å². The lowest BCUT2D eigenvalue weighted by Gasteiger charge is -2.37. The third-order valence-corrected chi connectivity index (χ3v) is 5.40. The number of amides is 1. The van der Waals surface area contributed by atoms with E-state index in [4.69, 9.17) is 4.52 Å². The minimum atomic E-state index is -3.58. The molecule has 3 rings (SSSR count). The fourth-order valence-corrected chi connectivity index (χ4v) is 3.77. The van der Waals surface area contributed by atoms with E-state index in [-0.39, 0.29) is 29.8 Å². The van der Waals surface area contributed by atoms with Gasteiger partial charge in [0, 0.05) is 26.2 Å². The van der Waals surface area contributed by atoms with E-state index in [2.05, 4.69) is 15.4 Å². The topological polar surface area (TPSA) is 111 Å². The van der Waals surface area contributed by atoms with Crippen LogP contribution in [-0.2, 0) is 16.9 Å². The summed E-state index contributed by atoms with van der Waals surface area (Å²) in [5, 5.41) is 10.1. The van der Waals surface area contributed by atoms with Crippen LogP contribution < -0.4 is 0 Å². The number of hydrogen-bond donors (Lipinski definition) is 0. The Kier molecular flexibility index (Phi) is 3.04. The molecule has 1 saturated heterocycles. The fraction of sp³-hybridized carbons (Fsp3) is 0.455. The van der Waals surface area contributed by atoms with Crippen LogP contribution in [0.15, 0.2) is 22.1 Å². The van der Waals surface area contributed by atoms with Crippen molar-refractivity contribution in [2.24, 2.45) is 7.05 Å². The predicted molar refractivity (Wildman–Crippen MR) is 69.1 cm³/mol. The molecule has 21 heavy (non-hydrogen) atoms. The molecule has 0 radical (unpaired) electrons. The van der Waals surface area contributed by atoms with Crippen molar-refractivity contribution in [1.29, 1.82) is 0 Å². The van der Waals surface area contributed by atoms with Crippen molar-refractivity contribution in [2.45, 2.75) is 17.3 Å². The van der Waals surface area contributed by atoms with Gasteiger partial charge in [-0.05, 0) is 6.92 Å². The van der Waals surface area contributed by atoms with Crippen LogP contribution in [0.4, 0.5) is 0 Å². The maximum atomic E-state index is 12.3. The number of aromatic nitrogens is 4. The maximum Gasteiger partial charge on any atom is 0.276 e. The Balaban J connectivity index is 1.71. The van der Waals surface area contributed by atoms with Crippen molar-refractivity contribution in [3.8, 4) is 0 Å². The Morgan fingerprint density at radius 3 is 2.67 bits per heavy atom. The zero-order chi connectivity index (χ0) is 15.2. The summed E-state index contributed by atoms with van der Waals surface area (Å²) in [7, 11) is -2.02. The Hall–Kier alpha value is -2.23. The normalized spacial score (nSPS) is 16.0. The second-order valence-electron chi connectivity index (χ2n) is 4.92. The van der Waals surface area contributed by atoms with Crippen molar-refractivity contribution in [2.75, 3.05) is 13.1 Å². The van der Waals surface area contributed by atoms with Gasteiger partial charge in [0.1, 0.15) is 17.3 Å². The molecule has 3 heterocycles. The Labute approximate surface area is 120 Å². The van der Waals surface area contributed by atoms with Gasteiger partial charge in [-0.15, -0.1) is 10.2 Å². The number of rotatable bonds is 3. The molecule has 0 spiro atoms. The lowest BCUT2D eigenvalue weighted by molar-refractivity contribution is 0.0647. The van der Waals surface area contributed by atoms with E-state index in [1.807, 2.05) is 0 Å². The number of nitrogens with zero attached hydrogens (tertiary/aromatic N) is 5. The highest BCUT2D eigenvalue weighted by Crippen LogP contribution is 2.23. The number of hydrogen-bond acceptors (Lipinski definition) is 7. The summed E-state index contributed by atoms with van der Waals surface area (Å²) in [6.07, 6.45) is 1.33. The van der Waals surface area contributed by atoms with Crippen molar-refractivity contribution in [1.82, 2.24) is 24.8 Å². The summed E-state index contributed by atoms with van der Waals surface area (Å²) in [5.41, 5.74) is 0.182. The first-order valence-electron chi connectivity index (χ1n) is 6.20. The molecular formula is C11H13N5O4S. The van der Waals surface area contributed by atoms with Gasteiger partial charge in [0.05, 0.1) is 0 Å². The number of carbonyl (C=O) groups is 1. The van der Waals surface area contributed by atoms with Gasteiger partial charge in [-0.25, -0.2) is 8.42 Å². The molecule has 1 fully saturated rings. The maximum absolute atomic E-state index is 12.3. The molecule has 0 aliphatic carbocycles. The minimum absolute atomic E-state index is 0.0862. The highest BCUT2D eigenvalue weighted by Gasteiger charge is 2.43. The summed E-state index contributed by atoms with van der Waals surface area (Å²) in [6, 6.07) is 1.52. The first kappa shape index (κ1) is 13.7. The summed E-state index contributed by atoms with van der Waals surface area (Å²) >= 11 is 0. The third kappa shape index (κ3) is 2.20. The van der Waals surface area contributed by atoms with Gasteiger partial charge in [-0.2, -0.15) is 0 Å². The van der Waals surface area contributed by atoms with Crippen molar-refractivity contribution >= 4 is 15.7 Å². The highest BCUT2D eigenvalue weighted by molar-refractivity contribution is 7.92. The number of sulfone groups is 1. The number of likely N-dealkylation sites (tertiary alicyclic amines) is 1. The fourth-order valence-electron chi connectivity index (χ4n) is 2.11. The molecule has 2 aromatic rings. The average molecular weight is 311 g/mol. The first-order chi connectivity index (χ1) is 9.89. The molecule has 1 aliphatic rings. The number of aryl methyl sites for hydroxylation is 2. The zero-order valence-electron chi connectivity index (χ0n) is 11.4. The molecular weight excluding hydrogens is 298 g/mol. The van der Waals surface area contributed by atoms with Crippen LogP contribution in [0.2, 0.25) is 0 Å². The van der Waals surface area contributed by atoms with E-state index >= 15 is 0 Å². The van der Waals surface area contributed by atoms with Gasteiger partial charge in [0.2, 0.25) is 15.0 Å². The van der Waals surface area contributed by atoms with E-state index < -0.39 is 15.1 Å². The Morgan fingerprint density at radius 2 is 2.14 bits per heavy atom. The van der Waals surface area contributed by atoms with E-state index in [9.17, 15) is 13.2 Å². The van der Waals surface area contributed by atoms with Crippen LogP contribution in [0.25, 0.3) is 0 Å². The largest absolute Gasteiger partial charge is 0.361 e. The van der Waals surface area contributed by atoms with Crippen LogP contribution in [0.3, 0.4) is 0 Å². The average Bonchev–Trinajstić information content (AvgIpc) is 2.95. The van der Waals surface area contributed by atoms with E-state index in [1.165, 1.54) is 21.9 Å². The lowest BCUT2D eigenvalue weighted by Crippen LogP contribution is -2.57. The van der Waals surface area contributed by atoms with Crippen LogP contribution >= 0.6 is 0 Å². The van der Waals surface area contributed by atoms with Crippen molar-refractivity contribution in [3.05, 3.63) is 23.8 Å². The zero-order valence-corrected chi connectivity index (χ0v) is 12.2. The number of carbonyl (C=O) groups excluding carboxylic acids is 1. The molecule has 0 N–H and O–H groups in total. The van der Waals surface area contributed by atoms with E-state index in [1.54, 1.807) is 14.0 Å². The van der Waals surface area contributed by atoms with Gasteiger partial charge >= 0.3 is 0 Å². The van der Waals surface area contributed by atoms with E-state index in [0.29, 0.717) is 5.76 Å². The smallest absolute Gasteiger partial charge is 0.276 e. The van der Waals surface area contributed by atoms with Crippen molar-refractivity contribution in [3.63, 3.8) is 0 Å². The lowest BCUT2D eigenvalue weighted by atomic mass is 10.2. The molecule has 0 saturated carbocycles. The van der Waals surface area contributed by atoms with Gasteiger partial charge in [0.25, 0.3) is 5.91 Å². The molecule has 1 aliphatic heterocycles. The third-order valence-electron chi connectivity index (χ3n) is 3.35. The molecule has 2 aromatic heterocycles.